The number of nitrogen functional groups attached to an aromatic ring is 2. The minimum absolute atomic E-state index is 0.0219. The molecule has 15 rings (SSSR count). The number of halogens is 2. The standard InChI is InChI=1S/C22H24N2O5.C21H23N3O5.C16H13N3O3.C13H16N2O3.C10H18O4.C9H9BrO2.C9H9NO.C6H8N2.C4H7BrO2/c1-22(2,3)29-21(27)24-14-19(25)23(17-7-5-6-8-18(17)24)13-15-9-11-16(12-10-15)20(26)28-4;1-21(2,3)29-20(27)24-13-18(25)23(16-6-4-5-7-17(16)24)12-14-8-10-15(11-9-14)19(26)22-28;20-15-9-17-13-3-1-2-4-14(13)19(15)10-11-5-7-12(8-6-11)16(21)18-22;1-13(2,3)18-12(17)15-8-11(16)14-9-6-4-5-7-10(9)15;1-9(2,3)13-7(11)8(12)14-10(4,5)6;1-12-9(11)8-4-2-7(6-10)3-5-8;11-9-6-5-7-3-1-2-4-8(7)10-9;7-5-3-1-2-4-6(5)8;1-2-7-4(6)3-5/h5-12H,13-14H2,1-4H3;4-11,28H,12-13H2,1-3H3,(H,22,26);1-9,22H,10H2,(H,18,21);4-7H,8H2,1-3H3,(H,14,16);1-6H3;2-5H,6H2,1H3;1-4H,5-6H2,(H,10,11);1-4H,7-8H2;2-3H2,1H3. The van der Waals surface area contributed by atoms with Crippen LogP contribution in [0.15, 0.2) is 254 Å². The number of carbonyl (C=O) groups is 14. The minimum Gasteiger partial charge on any atom is -0.465 e. The van der Waals surface area contributed by atoms with Gasteiger partial charge >= 0.3 is 48.1 Å². The molecule has 0 spiro atoms. The first-order valence-electron chi connectivity index (χ1n) is 47.0. The van der Waals surface area contributed by atoms with Crippen LogP contribution in [0.1, 0.15) is 186 Å². The van der Waals surface area contributed by atoms with Gasteiger partial charge in [-0.15, -0.1) is 0 Å². The Kier molecular flexibility index (Phi) is 45.6. The van der Waals surface area contributed by atoms with Crippen molar-refractivity contribution in [3.63, 3.8) is 0 Å². The van der Waals surface area contributed by atoms with Gasteiger partial charge in [0.15, 0.2) is 0 Å². The lowest BCUT2D eigenvalue weighted by Crippen LogP contribution is -2.49. The van der Waals surface area contributed by atoms with Crippen molar-refractivity contribution >= 4 is 178 Å². The molecular weight excluding hydrogens is 2060 g/mol. The van der Waals surface area contributed by atoms with Crippen molar-refractivity contribution in [2.75, 3.05) is 92.4 Å². The fourth-order valence-electron chi connectivity index (χ4n) is 13.6. The number of benzene rings is 10. The summed E-state index contributed by atoms with van der Waals surface area (Å²) in [7, 11) is 2.71. The molecule has 5 heterocycles. The van der Waals surface area contributed by atoms with Crippen LogP contribution >= 0.6 is 31.9 Å². The number of rotatable bonds is 13. The number of aryl methyl sites for hydroxylation is 1. The van der Waals surface area contributed by atoms with Crippen LogP contribution in [0.5, 0.6) is 0 Å². The van der Waals surface area contributed by atoms with E-state index in [-0.39, 0.29) is 67.3 Å². The average molecular weight is 2190 g/mol. The van der Waals surface area contributed by atoms with Gasteiger partial charge in [-0.25, -0.2) is 49.5 Å². The molecule has 0 aliphatic carbocycles. The Morgan fingerprint density at radius 2 is 0.740 bits per heavy atom. The van der Waals surface area contributed by atoms with Gasteiger partial charge in [-0.05, 0) is 260 Å². The van der Waals surface area contributed by atoms with Crippen LogP contribution in [0.4, 0.5) is 65.6 Å². The highest BCUT2D eigenvalue weighted by Crippen LogP contribution is 2.39. The quantitative estimate of drug-likeness (QED) is 0.0101. The van der Waals surface area contributed by atoms with E-state index >= 15 is 0 Å². The SMILES string of the molecule is CC(C)(C)OC(=O)C(=O)OC(C)(C)C.CC(C)(C)OC(=O)N1CC(=O)N(Cc2ccc(C(=O)NO)cc2)c2ccccc21.CC(C)(C)OC(=O)N1CC(=O)Nc2ccccc21.CCOC(=O)CBr.COC(=O)c1ccc(CBr)cc1.COC(=O)c1ccc(CN2C(=O)CN(C(=O)OC(C)(C)C)c3ccccc32)cc1.Nc1ccccc1N.O=C(NO)c1ccc(Cn2c(=O)cnc3ccccc32)cc1.O=C1CCc2ccccc2N1. The molecule has 9 amide bonds. The van der Waals surface area contributed by atoms with Gasteiger partial charge < -0.3 is 74.4 Å². The van der Waals surface area contributed by atoms with E-state index in [1.54, 1.807) is 288 Å². The highest BCUT2D eigenvalue weighted by molar-refractivity contribution is 9.09. The number of nitrogens with one attached hydrogen (secondary N) is 4. The lowest BCUT2D eigenvalue weighted by Gasteiger charge is -2.36. The van der Waals surface area contributed by atoms with Crippen molar-refractivity contribution in [2.24, 2.45) is 0 Å². The molecule has 1 aromatic heterocycles. The lowest BCUT2D eigenvalue weighted by molar-refractivity contribution is -0.180. The number of ether oxygens (including phenoxy) is 8. The molecule has 10 N–H and O–H groups in total. The summed E-state index contributed by atoms with van der Waals surface area (Å²) >= 11 is 6.26. The summed E-state index contributed by atoms with van der Waals surface area (Å²) in [6.45, 7) is 29.1. The van der Waals surface area contributed by atoms with Crippen molar-refractivity contribution in [3.8, 4) is 0 Å². The first-order valence-corrected chi connectivity index (χ1v) is 49.2. The third kappa shape index (κ3) is 39.2. The Morgan fingerprint density at radius 3 is 1.12 bits per heavy atom. The van der Waals surface area contributed by atoms with E-state index < -0.39 is 76.0 Å². The van der Waals surface area contributed by atoms with Gasteiger partial charge in [0.2, 0.25) is 23.6 Å². The molecule has 0 fully saturated rings. The van der Waals surface area contributed by atoms with Crippen molar-refractivity contribution in [2.45, 2.75) is 177 Å². The van der Waals surface area contributed by atoms with Crippen LogP contribution in [0.3, 0.4) is 0 Å². The smallest absolute Gasteiger partial charge is 0.418 e. The van der Waals surface area contributed by atoms with Gasteiger partial charge in [0.25, 0.3) is 17.4 Å². The second kappa shape index (κ2) is 56.6. The number of amides is 9. The molecule has 0 atom stereocenters. The first-order chi connectivity index (χ1) is 70.7. The number of nitrogens with two attached hydrogens (primary N) is 2. The molecule has 150 heavy (non-hydrogen) atoms. The summed E-state index contributed by atoms with van der Waals surface area (Å²) in [5, 5.41) is 23.9. The number of aromatic nitrogens is 2. The summed E-state index contributed by atoms with van der Waals surface area (Å²) < 4.78 is 41.2. The zero-order chi connectivity index (χ0) is 111. The molecule has 4 aliphatic rings. The summed E-state index contributed by atoms with van der Waals surface area (Å²) in [6.07, 6.45) is 1.16. The topological polar surface area (TPSA) is 505 Å². The third-order valence-corrected chi connectivity index (χ3v) is 21.4. The fourth-order valence-corrected chi connectivity index (χ4v) is 14.1. The highest BCUT2D eigenvalue weighted by atomic mass is 79.9. The molecule has 0 bridgehead atoms. The van der Waals surface area contributed by atoms with Crippen LogP contribution in [0, 0.1) is 0 Å². The Bertz CT molecular complexity index is 6390. The van der Waals surface area contributed by atoms with Gasteiger partial charge in [0.1, 0.15) is 53.0 Å². The zero-order valence-corrected chi connectivity index (χ0v) is 89.9. The fraction of sp³-hybridized carbons (Fsp3) is 0.309. The molecule has 40 heteroatoms. The minimum atomic E-state index is -0.951. The van der Waals surface area contributed by atoms with E-state index in [0.717, 1.165) is 50.7 Å². The first kappa shape index (κ1) is 121. The maximum atomic E-state index is 12.9. The molecular formula is C110H127Br2N13O25. The second-order valence-electron chi connectivity index (χ2n) is 37.9. The Hall–Kier alpha value is -16.2. The maximum Gasteiger partial charge on any atom is 0.418 e. The van der Waals surface area contributed by atoms with Gasteiger partial charge in [-0.1, -0.05) is 159 Å². The van der Waals surface area contributed by atoms with E-state index in [1.807, 2.05) is 84.9 Å². The highest BCUT2D eigenvalue weighted by Gasteiger charge is 2.38. The number of methoxy groups -OCH3 is 2. The van der Waals surface area contributed by atoms with Crippen LogP contribution in [0.2, 0.25) is 0 Å². The monoisotopic (exact) mass is 2190 g/mol. The second-order valence-corrected chi connectivity index (χ2v) is 39.1. The Labute approximate surface area is 886 Å². The number of hydrogen-bond donors (Lipinski definition) is 8. The molecule has 4 aliphatic heterocycles. The predicted molar refractivity (Wildman–Crippen MR) is 577 cm³/mol. The zero-order valence-electron chi connectivity index (χ0n) is 86.8. The van der Waals surface area contributed by atoms with Crippen molar-refractivity contribution < 1.29 is 115 Å². The Morgan fingerprint density at radius 1 is 0.393 bits per heavy atom. The van der Waals surface area contributed by atoms with E-state index in [0.29, 0.717) is 99.2 Å². The van der Waals surface area contributed by atoms with Crippen LogP contribution in [0.25, 0.3) is 11.0 Å². The number of fused-ring (bicyclic) bond motifs is 5. The molecule has 11 aromatic rings. The van der Waals surface area contributed by atoms with E-state index in [1.165, 1.54) is 40.7 Å². The molecule has 10 aromatic carbocycles. The number of para-hydroxylation sites is 11. The molecule has 0 saturated carbocycles. The summed E-state index contributed by atoms with van der Waals surface area (Å²) in [6, 6.07) is 71.5. The molecule has 796 valence electrons. The van der Waals surface area contributed by atoms with Gasteiger partial charge in [-0.3, -0.25) is 63.5 Å². The number of carbonyl (C=O) groups excluding carboxylic acids is 14. The number of anilines is 9. The summed E-state index contributed by atoms with van der Waals surface area (Å²) in [5.41, 5.74) is 24.6. The van der Waals surface area contributed by atoms with E-state index in [4.69, 9.17) is 50.3 Å². The third-order valence-electron chi connectivity index (χ3n) is 20.3. The normalized spacial score (nSPS) is 12.5. The van der Waals surface area contributed by atoms with Gasteiger partial charge in [0, 0.05) is 28.6 Å². The number of alkyl halides is 2. The predicted octanol–water partition coefficient (Wildman–Crippen LogP) is 18.2. The van der Waals surface area contributed by atoms with Gasteiger partial charge in [-0.2, -0.15) is 0 Å². The lowest BCUT2D eigenvalue weighted by atomic mass is 10.0. The largest absolute Gasteiger partial charge is 0.465 e. The molecule has 0 saturated heterocycles. The van der Waals surface area contributed by atoms with Crippen LogP contribution in [-0.2, 0) is 103 Å². The summed E-state index contributed by atoms with van der Waals surface area (Å²) in [4.78, 5) is 187. The Balaban J connectivity index is 0.000000236. The number of hydroxylamine groups is 2. The number of esters is 5. The molecule has 0 radical (unpaired) electrons. The van der Waals surface area contributed by atoms with Crippen LogP contribution < -0.4 is 63.1 Å². The van der Waals surface area contributed by atoms with Gasteiger partial charge in [0.05, 0.1) is 114 Å². The van der Waals surface area contributed by atoms with Crippen molar-refractivity contribution in [3.05, 3.63) is 309 Å². The maximum absolute atomic E-state index is 12.9. The van der Waals surface area contributed by atoms with E-state index in [2.05, 4.69) is 63.0 Å². The summed E-state index contributed by atoms with van der Waals surface area (Å²) in [5.74, 6) is -4.55. The number of nitrogens with zero attached hydrogens (tertiary/aromatic N) is 7. The van der Waals surface area contributed by atoms with Crippen LogP contribution in [-0.4, -0.2) is 177 Å². The van der Waals surface area contributed by atoms with E-state index in [9.17, 15) is 71.9 Å². The van der Waals surface area contributed by atoms with Crippen molar-refractivity contribution in [1.82, 2.24) is 20.5 Å². The molecule has 38 nitrogen and oxygen atoms in total. The molecule has 0 unspecified atom stereocenters. The van der Waals surface area contributed by atoms with Crippen molar-refractivity contribution in [1.29, 1.82) is 0 Å². The number of hydrogen-bond acceptors (Lipinski definition) is 28. The average Bonchev–Trinajstić information content (AvgIpc) is 0.773.